The van der Waals surface area contributed by atoms with Gasteiger partial charge in [0.1, 0.15) is 11.6 Å². The van der Waals surface area contributed by atoms with Crippen molar-refractivity contribution in [3.63, 3.8) is 0 Å². The Labute approximate surface area is 171 Å². The first kappa shape index (κ1) is 18.8. The lowest BCUT2D eigenvalue weighted by Gasteiger charge is -2.31. The summed E-state index contributed by atoms with van der Waals surface area (Å²) >= 11 is 0. The van der Waals surface area contributed by atoms with E-state index in [1.165, 1.54) is 19.3 Å². The molecule has 5 rings (SSSR count). The highest BCUT2D eigenvalue weighted by molar-refractivity contribution is 5.91. The lowest BCUT2D eigenvalue weighted by atomic mass is 9.87. The number of amides is 1. The first-order valence-electron chi connectivity index (χ1n) is 11.2. The van der Waals surface area contributed by atoms with E-state index in [1.54, 1.807) is 0 Å². The van der Waals surface area contributed by atoms with Gasteiger partial charge in [-0.2, -0.15) is 0 Å². The summed E-state index contributed by atoms with van der Waals surface area (Å²) < 4.78 is 7.74. The van der Waals surface area contributed by atoms with Gasteiger partial charge in [0, 0.05) is 57.0 Å². The molecule has 0 spiro atoms. The smallest absolute Gasteiger partial charge is 0.292 e. The fraction of sp³-hybridized carbons (Fsp3) is 0.714. The van der Waals surface area contributed by atoms with Gasteiger partial charge in [-0.05, 0) is 25.7 Å². The number of carbonyl (C=O) groups is 1. The van der Waals surface area contributed by atoms with Gasteiger partial charge in [-0.15, -0.1) is 10.2 Å². The van der Waals surface area contributed by atoms with E-state index in [9.17, 15) is 4.79 Å². The van der Waals surface area contributed by atoms with Crippen LogP contribution >= 0.6 is 0 Å². The van der Waals surface area contributed by atoms with Gasteiger partial charge in [0.15, 0.2) is 0 Å². The maximum absolute atomic E-state index is 13.1. The van der Waals surface area contributed by atoms with E-state index in [-0.39, 0.29) is 11.8 Å². The van der Waals surface area contributed by atoms with Gasteiger partial charge >= 0.3 is 0 Å². The molecule has 3 aliphatic rings. The van der Waals surface area contributed by atoms with Crippen molar-refractivity contribution >= 4 is 5.91 Å². The van der Waals surface area contributed by atoms with Crippen molar-refractivity contribution in [2.75, 3.05) is 26.2 Å². The van der Waals surface area contributed by atoms with Gasteiger partial charge < -0.3 is 19.3 Å². The molecular formula is C21H30N6O2. The number of aromatic nitrogens is 4. The predicted molar refractivity (Wildman–Crippen MR) is 107 cm³/mol. The second kappa shape index (κ2) is 8.26. The number of fused-ring (bicyclic) bond motifs is 1. The third kappa shape index (κ3) is 3.82. The zero-order valence-corrected chi connectivity index (χ0v) is 17.0. The Bertz CT molecular complexity index is 853. The number of likely N-dealkylation sites (tertiary alicyclic amines) is 1. The number of nitrogens with zero attached hydrogens (tertiary/aromatic N) is 5. The number of nitrogens with one attached hydrogen (secondary N) is 1. The molecule has 0 aromatic carbocycles. The first-order valence-corrected chi connectivity index (χ1v) is 11.2. The number of carbonyl (C=O) groups excluding carboxylic acids is 1. The van der Waals surface area contributed by atoms with E-state index in [1.807, 2.05) is 11.0 Å². The molecule has 29 heavy (non-hydrogen) atoms. The molecule has 1 saturated heterocycles. The van der Waals surface area contributed by atoms with Crippen molar-refractivity contribution in [2.24, 2.45) is 0 Å². The number of hydrogen-bond donors (Lipinski definition) is 1. The van der Waals surface area contributed by atoms with E-state index in [4.69, 9.17) is 4.52 Å². The number of rotatable bonds is 3. The van der Waals surface area contributed by atoms with Gasteiger partial charge in [-0.1, -0.05) is 24.4 Å². The Balaban J connectivity index is 1.29. The normalized spacial score (nSPS) is 23.6. The predicted octanol–water partition coefficient (Wildman–Crippen LogP) is 2.48. The van der Waals surface area contributed by atoms with Gasteiger partial charge in [0.25, 0.3) is 5.91 Å². The van der Waals surface area contributed by atoms with Crippen molar-refractivity contribution in [1.82, 2.24) is 30.1 Å². The maximum atomic E-state index is 13.1. The maximum Gasteiger partial charge on any atom is 0.292 e. The fourth-order valence-corrected chi connectivity index (χ4v) is 5.10. The first-order chi connectivity index (χ1) is 14.3. The van der Waals surface area contributed by atoms with Crippen LogP contribution in [0.3, 0.4) is 0 Å². The van der Waals surface area contributed by atoms with E-state index in [2.05, 4.69) is 25.2 Å². The Morgan fingerprint density at radius 3 is 2.79 bits per heavy atom. The van der Waals surface area contributed by atoms with E-state index in [0.717, 1.165) is 75.6 Å². The molecule has 2 fully saturated rings. The Morgan fingerprint density at radius 2 is 1.90 bits per heavy atom. The van der Waals surface area contributed by atoms with Crippen molar-refractivity contribution in [1.29, 1.82) is 0 Å². The highest BCUT2D eigenvalue weighted by Gasteiger charge is 2.32. The molecule has 8 heteroatoms. The van der Waals surface area contributed by atoms with E-state index < -0.39 is 0 Å². The van der Waals surface area contributed by atoms with Crippen molar-refractivity contribution in [2.45, 2.75) is 69.7 Å². The lowest BCUT2D eigenvalue weighted by Crippen LogP contribution is -2.39. The second-order valence-electron chi connectivity index (χ2n) is 8.67. The zero-order chi connectivity index (χ0) is 19.6. The van der Waals surface area contributed by atoms with Crippen LogP contribution in [0, 0.1) is 0 Å². The molecule has 1 aliphatic carbocycles. The highest BCUT2D eigenvalue weighted by Crippen LogP contribution is 2.33. The Hall–Kier alpha value is -2.22. The fourth-order valence-electron chi connectivity index (χ4n) is 5.10. The molecule has 2 aromatic rings. The zero-order valence-electron chi connectivity index (χ0n) is 17.0. The van der Waals surface area contributed by atoms with Crippen LogP contribution in [0.1, 0.15) is 84.7 Å². The molecule has 1 amide bonds. The molecule has 0 radical (unpaired) electrons. The molecule has 1 atom stereocenters. The Morgan fingerprint density at radius 1 is 1.03 bits per heavy atom. The van der Waals surface area contributed by atoms with Gasteiger partial charge in [0.05, 0.1) is 5.69 Å². The standard InChI is InChI=1S/C21H30N6O2/c28-21(18-13-17(25-29-18)15-5-2-1-3-6-15)26-11-4-7-16(14-26)20-24-23-19-8-9-22-10-12-27(19)20/h13,15-16,22H,1-12,14H2. The molecule has 156 valence electrons. The van der Waals surface area contributed by atoms with Crippen LogP contribution in [-0.4, -0.2) is 56.9 Å². The summed E-state index contributed by atoms with van der Waals surface area (Å²) in [5, 5.41) is 16.6. The number of piperidine rings is 1. The van der Waals surface area contributed by atoms with Crippen LogP contribution in [0.4, 0.5) is 0 Å². The monoisotopic (exact) mass is 398 g/mol. The highest BCUT2D eigenvalue weighted by atomic mass is 16.5. The minimum atomic E-state index is -0.0402. The third-order valence-corrected chi connectivity index (χ3v) is 6.73. The molecule has 8 nitrogen and oxygen atoms in total. The number of hydrogen-bond acceptors (Lipinski definition) is 6. The largest absolute Gasteiger partial charge is 0.351 e. The minimum Gasteiger partial charge on any atom is -0.351 e. The molecule has 2 aromatic heterocycles. The molecule has 1 saturated carbocycles. The second-order valence-corrected chi connectivity index (χ2v) is 8.67. The third-order valence-electron chi connectivity index (χ3n) is 6.73. The van der Waals surface area contributed by atoms with Crippen molar-refractivity contribution < 1.29 is 9.32 Å². The topological polar surface area (TPSA) is 89.1 Å². The van der Waals surface area contributed by atoms with Crippen LogP contribution in [-0.2, 0) is 13.0 Å². The summed E-state index contributed by atoms with van der Waals surface area (Å²) in [6.07, 6.45) is 9.01. The summed E-state index contributed by atoms with van der Waals surface area (Å²) in [7, 11) is 0. The molecule has 4 heterocycles. The average molecular weight is 399 g/mol. The summed E-state index contributed by atoms with van der Waals surface area (Å²) in [5.41, 5.74) is 0.955. The van der Waals surface area contributed by atoms with Gasteiger partial charge in [-0.3, -0.25) is 4.79 Å². The quantitative estimate of drug-likeness (QED) is 0.854. The molecule has 1 N–H and O–H groups in total. The van der Waals surface area contributed by atoms with Crippen molar-refractivity contribution in [3.8, 4) is 0 Å². The molecule has 0 bridgehead atoms. The molecule has 1 unspecified atom stereocenters. The lowest BCUT2D eigenvalue weighted by molar-refractivity contribution is 0.0661. The van der Waals surface area contributed by atoms with Crippen LogP contribution in [0.5, 0.6) is 0 Å². The van der Waals surface area contributed by atoms with Gasteiger partial charge in [0.2, 0.25) is 5.76 Å². The summed E-state index contributed by atoms with van der Waals surface area (Å²) in [6, 6.07) is 1.89. The average Bonchev–Trinajstić information content (AvgIpc) is 3.36. The summed E-state index contributed by atoms with van der Waals surface area (Å²) in [5.74, 6) is 3.11. The molecular weight excluding hydrogens is 368 g/mol. The van der Waals surface area contributed by atoms with E-state index >= 15 is 0 Å². The SMILES string of the molecule is O=C(c1cc(C2CCCCC2)no1)N1CCCC(c2nnc3n2CCNCC3)C1. The van der Waals surface area contributed by atoms with Crippen LogP contribution in [0.2, 0.25) is 0 Å². The Kier molecular flexibility index (Phi) is 5.35. The van der Waals surface area contributed by atoms with Crippen LogP contribution < -0.4 is 5.32 Å². The molecule has 2 aliphatic heterocycles. The van der Waals surface area contributed by atoms with Crippen LogP contribution in [0.15, 0.2) is 10.6 Å². The van der Waals surface area contributed by atoms with Crippen LogP contribution in [0.25, 0.3) is 0 Å². The minimum absolute atomic E-state index is 0.0402. The summed E-state index contributed by atoms with van der Waals surface area (Å²) in [6.45, 7) is 4.22. The van der Waals surface area contributed by atoms with E-state index in [0.29, 0.717) is 18.2 Å². The summed E-state index contributed by atoms with van der Waals surface area (Å²) in [4.78, 5) is 15.0. The van der Waals surface area contributed by atoms with Gasteiger partial charge in [-0.25, -0.2) is 0 Å². The van der Waals surface area contributed by atoms with Crippen molar-refractivity contribution in [3.05, 3.63) is 29.2 Å².